The van der Waals surface area contributed by atoms with E-state index in [0.717, 1.165) is 18.3 Å². The summed E-state index contributed by atoms with van der Waals surface area (Å²) < 4.78 is 0. The van der Waals surface area contributed by atoms with Crippen LogP contribution in [0.25, 0.3) is 0 Å². The molecular weight excluding hydrogens is 222 g/mol. The molecule has 2 N–H and O–H groups in total. The van der Waals surface area contributed by atoms with Gasteiger partial charge < -0.3 is 10.4 Å². The van der Waals surface area contributed by atoms with Crippen molar-refractivity contribution in [3.05, 3.63) is 29.8 Å². The van der Waals surface area contributed by atoms with Crippen molar-refractivity contribution in [2.75, 3.05) is 7.05 Å². The molecule has 0 heterocycles. The predicted molar refractivity (Wildman–Crippen MR) is 75.8 cm³/mol. The minimum Gasteiger partial charge on any atom is -0.508 e. The summed E-state index contributed by atoms with van der Waals surface area (Å²) >= 11 is 0. The molecule has 2 rings (SSSR count). The van der Waals surface area contributed by atoms with Gasteiger partial charge in [-0.3, -0.25) is 0 Å². The quantitative estimate of drug-likeness (QED) is 0.855. The second-order valence-electron chi connectivity index (χ2n) is 5.61. The zero-order valence-corrected chi connectivity index (χ0v) is 11.5. The van der Waals surface area contributed by atoms with E-state index in [1.807, 2.05) is 0 Å². The van der Waals surface area contributed by atoms with Gasteiger partial charge >= 0.3 is 0 Å². The number of hydrogen-bond acceptors (Lipinski definition) is 2. The normalized spacial score (nSPS) is 28.2. The number of phenols is 1. The first-order valence-corrected chi connectivity index (χ1v) is 7.18. The maximum atomic E-state index is 9.33. The van der Waals surface area contributed by atoms with Crippen LogP contribution >= 0.6 is 0 Å². The zero-order chi connectivity index (χ0) is 13.0. The first-order valence-electron chi connectivity index (χ1n) is 7.18. The van der Waals surface area contributed by atoms with Gasteiger partial charge in [0.05, 0.1) is 0 Å². The van der Waals surface area contributed by atoms with Crippen LogP contribution < -0.4 is 5.32 Å². The van der Waals surface area contributed by atoms with E-state index in [4.69, 9.17) is 0 Å². The third-order valence-electron chi connectivity index (χ3n) is 4.47. The van der Waals surface area contributed by atoms with E-state index in [9.17, 15) is 5.11 Å². The molecular formula is C16H25NO. The second-order valence-corrected chi connectivity index (χ2v) is 5.61. The summed E-state index contributed by atoms with van der Waals surface area (Å²) in [5.74, 6) is 1.99. The van der Waals surface area contributed by atoms with E-state index < -0.39 is 0 Å². The van der Waals surface area contributed by atoms with Gasteiger partial charge in [-0.05, 0) is 62.3 Å². The molecule has 1 saturated carbocycles. The molecule has 3 atom stereocenters. The number of rotatable bonds is 4. The fourth-order valence-electron chi connectivity index (χ4n) is 3.27. The average molecular weight is 247 g/mol. The largest absolute Gasteiger partial charge is 0.508 e. The highest BCUT2D eigenvalue weighted by Crippen LogP contribution is 2.33. The zero-order valence-electron chi connectivity index (χ0n) is 11.5. The summed E-state index contributed by atoms with van der Waals surface area (Å²) in [6.45, 7) is 2.31. The summed E-state index contributed by atoms with van der Waals surface area (Å²) in [6.07, 6.45) is 6.44. The molecule has 0 amide bonds. The van der Waals surface area contributed by atoms with Crippen LogP contribution in [-0.4, -0.2) is 18.2 Å². The van der Waals surface area contributed by atoms with Crippen LogP contribution in [0.1, 0.15) is 38.2 Å². The van der Waals surface area contributed by atoms with E-state index in [-0.39, 0.29) is 0 Å². The Balaban J connectivity index is 2.02. The molecule has 3 unspecified atom stereocenters. The smallest absolute Gasteiger partial charge is 0.115 e. The first-order chi connectivity index (χ1) is 8.72. The third kappa shape index (κ3) is 3.26. The van der Waals surface area contributed by atoms with E-state index in [2.05, 4.69) is 31.4 Å². The van der Waals surface area contributed by atoms with Gasteiger partial charge in [-0.25, -0.2) is 0 Å². The molecule has 0 spiro atoms. The lowest BCUT2D eigenvalue weighted by Crippen LogP contribution is -2.39. The summed E-state index contributed by atoms with van der Waals surface area (Å²) in [6, 6.07) is 8.35. The predicted octanol–water partition coefficient (Wildman–Crippen LogP) is 3.35. The molecule has 1 aliphatic rings. The maximum absolute atomic E-state index is 9.33. The monoisotopic (exact) mass is 247 g/mol. The summed E-state index contributed by atoms with van der Waals surface area (Å²) in [7, 11) is 2.08. The van der Waals surface area contributed by atoms with Crippen molar-refractivity contribution in [2.45, 2.75) is 45.1 Å². The van der Waals surface area contributed by atoms with Crippen LogP contribution in [0.2, 0.25) is 0 Å². The number of phenolic OH excluding ortho intramolecular Hbond substituents is 1. The number of hydrogen-bond donors (Lipinski definition) is 2. The van der Waals surface area contributed by atoms with Gasteiger partial charge in [-0.1, -0.05) is 25.5 Å². The molecule has 0 saturated heterocycles. The Hall–Kier alpha value is -1.02. The van der Waals surface area contributed by atoms with Crippen molar-refractivity contribution < 1.29 is 5.11 Å². The molecule has 0 aliphatic heterocycles. The maximum Gasteiger partial charge on any atom is 0.115 e. The lowest BCUT2D eigenvalue weighted by Gasteiger charge is -2.36. The van der Waals surface area contributed by atoms with Gasteiger partial charge in [0.25, 0.3) is 0 Å². The minimum atomic E-state index is 0.360. The second kappa shape index (κ2) is 6.24. The van der Waals surface area contributed by atoms with Gasteiger partial charge in [0, 0.05) is 6.04 Å². The van der Waals surface area contributed by atoms with Crippen molar-refractivity contribution in [1.82, 2.24) is 5.32 Å². The van der Waals surface area contributed by atoms with Crippen molar-refractivity contribution >= 4 is 0 Å². The molecule has 0 aromatic heterocycles. The Labute approximate surface area is 110 Å². The molecule has 1 fully saturated rings. The van der Waals surface area contributed by atoms with E-state index >= 15 is 0 Å². The van der Waals surface area contributed by atoms with Crippen molar-refractivity contribution in [1.29, 1.82) is 0 Å². The fourth-order valence-corrected chi connectivity index (χ4v) is 3.27. The molecule has 100 valence electrons. The standard InChI is InChI=1S/C16H25NO/c1-3-12-6-9-16(17-2)14(10-12)11-13-4-7-15(18)8-5-13/h4-5,7-8,12,14,16-18H,3,6,9-11H2,1-2H3. The number of aromatic hydroxyl groups is 1. The van der Waals surface area contributed by atoms with Crippen LogP contribution in [0.3, 0.4) is 0 Å². The van der Waals surface area contributed by atoms with Gasteiger partial charge in [0.1, 0.15) is 5.75 Å². The molecule has 0 radical (unpaired) electrons. The van der Waals surface area contributed by atoms with Crippen LogP contribution in [0.15, 0.2) is 24.3 Å². The Morgan fingerprint density at radius 3 is 2.56 bits per heavy atom. The number of benzene rings is 1. The first kappa shape index (κ1) is 13.4. The summed E-state index contributed by atoms with van der Waals surface area (Å²) in [4.78, 5) is 0. The Kier molecular flexibility index (Phi) is 4.65. The molecule has 0 bridgehead atoms. The van der Waals surface area contributed by atoms with Crippen LogP contribution in [0.5, 0.6) is 5.75 Å². The molecule has 2 heteroatoms. The van der Waals surface area contributed by atoms with E-state index in [1.54, 1.807) is 12.1 Å². The van der Waals surface area contributed by atoms with Gasteiger partial charge in [-0.2, -0.15) is 0 Å². The molecule has 1 aromatic rings. The van der Waals surface area contributed by atoms with Crippen molar-refractivity contribution in [2.24, 2.45) is 11.8 Å². The molecule has 2 nitrogen and oxygen atoms in total. The minimum absolute atomic E-state index is 0.360. The topological polar surface area (TPSA) is 32.3 Å². The average Bonchev–Trinajstić information content (AvgIpc) is 2.41. The molecule has 1 aromatic carbocycles. The Bertz CT molecular complexity index is 360. The molecule has 18 heavy (non-hydrogen) atoms. The molecule has 1 aliphatic carbocycles. The van der Waals surface area contributed by atoms with Gasteiger partial charge in [0.15, 0.2) is 0 Å². The van der Waals surface area contributed by atoms with Crippen LogP contribution in [0, 0.1) is 11.8 Å². The Morgan fingerprint density at radius 2 is 1.94 bits per heavy atom. The van der Waals surface area contributed by atoms with Crippen molar-refractivity contribution in [3.8, 4) is 5.75 Å². The highest BCUT2D eigenvalue weighted by molar-refractivity contribution is 5.26. The van der Waals surface area contributed by atoms with E-state index in [1.165, 1.54) is 31.2 Å². The lowest BCUT2D eigenvalue weighted by atomic mass is 9.74. The summed E-state index contributed by atoms with van der Waals surface area (Å²) in [5.41, 5.74) is 1.34. The SMILES string of the molecule is CCC1CCC(NC)C(Cc2ccc(O)cc2)C1. The third-order valence-corrected chi connectivity index (χ3v) is 4.47. The fraction of sp³-hybridized carbons (Fsp3) is 0.625. The van der Waals surface area contributed by atoms with Crippen LogP contribution in [-0.2, 0) is 6.42 Å². The van der Waals surface area contributed by atoms with E-state index in [0.29, 0.717) is 11.8 Å². The highest BCUT2D eigenvalue weighted by Gasteiger charge is 2.28. The van der Waals surface area contributed by atoms with Crippen LogP contribution in [0.4, 0.5) is 0 Å². The van der Waals surface area contributed by atoms with Gasteiger partial charge in [-0.15, -0.1) is 0 Å². The summed E-state index contributed by atoms with van der Waals surface area (Å²) in [5, 5.41) is 12.8. The Morgan fingerprint density at radius 1 is 1.22 bits per heavy atom. The number of nitrogens with one attached hydrogen (secondary N) is 1. The van der Waals surface area contributed by atoms with Gasteiger partial charge in [0.2, 0.25) is 0 Å². The highest BCUT2D eigenvalue weighted by atomic mass is 16.3. The lowest BCUT2D eigenvalue weighted by molar-refractivity contribution is 0.205. The van der Waals surface area contributed by atoms with Crippen molar-refractivity contribution in [3.63, 3.8) is 0 Å².